The average molecular weight is 320 g/mol. The van der Waals surface area contributed by atoms with Gasteiger partial charge < -0.3 is 4.74 Å². The van der Waals surface area contributed by atoms with E-state index >= 15 is 0 Å². The maximum atomic E-state index is 12.6. The van der Waals surface area contributed by atoms with E-state index < -0.39 is 10.0 Å². The van der Waals surface area contributed by atoms with Crippen LogP contribution in [-0.2, 0) is 10.0 Å². The summed E-state index contributed by atoms with van der Waals surface area (Å²) < 4.78 is 32.0. The van der Waals surface area contributed by atoms with Crippen LogP contribution in [0.5, 0.6) is 5.75 Å². The summed E-state index contributed by atoms with van der Waals surface area (Å²) in [5, 5.41) is 0. The Kier molecular flexibility index (Phi) is 6.79. The SMILES string of the molecule is CCCN(C(C)C)S(=O)(=O)c1ccc(OCCCl)cc1. The van der Waals surface area contributed by atoms with Gasteiger partial charge in [-0.3, -0.25) is 0 Å². The molecule has 0 atom stereocenters. The number of halogens is 1. The summed E-state index contributed by atoms with van der Waals surface area (Å²) in [5.41, 5.74) is 0. The van der Waals surface area contributed by atoms with Gasteiger partial charge >= 0.3 is 0 Å². The van der Waals surface area contributed by atoms with Crippen molar-refractivity contribution in [2.45, 2.75) is 38.1 Å². The topological polar surface area (TPSA) is 46.6 Å². The molecule has 0 radical (unpaired) electrons. The zero-order chi connectivity index (χ0) is 15.2. The molecule has 1 rings (SSSR count). The number of rotatable bonds is 8. The standard InChI is InChI=1S/C14H22ClNO3S/c1-4-10-16(12(2)3)20(17,18)14-7-5-13(6-8-14)19-11-9-15/h5-8,12H,4,9-11H2,1-3H3. The number of nitrogens with zero attached hydrogens (tertiary/aromatic N) is 1. The van der Waals surface area contributed by atoms with Crippen molar-refractivity contribution in [1.29, 1.82) is 0 Å². The molecule has 0 saturated carbocycles. The van der Waals surface area contributed by atoms with Crippen LogP contribution in [0.2, 0.25) is 0 Å². The molecule has 1 aromatic rings. The summed E-state index contributed by atoms with van der Waals surface area (Å²) >= 11 is 5.54. The summed E-state index contributed by atoms with van der Waals surface area (Å²) in [6.45, 7) is 6.65. The molecule has 0 amide bonds. The molecule has 0 spiro atoms. The summed E-state index contributed by atoms with van der Waals surface area (Å²) in [5.74, 6) is 1.02. The number of hydrogen-bond donors (Lipinski definition) is 0. The van der Waals surface area contributed by atoms with Crippen molar-refractivity contribution in [3.05, 3.63) is 24.3 Å². The molecule has 20 heavy (non-hydrogen) atoms. The minimum Gasteiger partial charge on any atom is -0.492 e. The van der Waals surface area contributed by atoms with Gasteiger partial charge in [-0.1, -0.05) is 6.92 Å². The third kappa shape index (κ3) is 4.36. The predicted molar refractivity (Wildman–Crippen MR) is 82.0 cm³/mol. The van der Waals surface area contributed by atoms with Gasteiger partial charge in [-0.2, -0.15) is 4.31 Å². The Balaban J connectivity index is 2.96. The van der Waals surface area contributed by atoms with Crippen LogP contribution in [0.15, 0.2) is 29.2 Å². The van der Waals surface area contributed by atoms with Gasteiger partial charge in [0.2, 0.25) is 10.0 Å². The van der Waals surface area contributed by atoms with Gasteiger partial charge in [-0.15, -0.1) is 11.6 Å². The second kappa shape index (κ2) is 7.86. The van der Waals surface area contributed by atoms with Crippen LogP contribution in [0, 0.1) is 0 Å². The van der Waals surface area contributed by atoms with E-state index in [9.17, 15) is 8.42 Å². The Morgan fingerprint density at radius 3 is 2.30 bits per heavy atom. The molecule has 0 heterocycles. The highest BCUT2D eigenvalue weighted by Crippen LogP contribution is 2.21. The smallest absolute Gasteiger partial charge is 0.243 e. The molecule has 0 aliphatic carbocycles. The minimum atomic E-state index is -3.45. The van der Waals surface area contributed by atoms with Gasteiger partial charge in [0.1, 0.15) is 12.4 Å². The maximum absolute atomic E-state index is 12.6. The first kappa shape index (κ1) is 17.3. The molecule has 0 aliphatic rings. The Hall–Kier alpha value is -0.780. The highest BCUT2D eigenvalue weighted by atomic mass is 35.5. The van der Waals surface area contributed by atoms with Gasteiger partial charge in [0, 0.05) is 12.6 Å². The van der Waals surface area contributed by atoms with Gasteiger partial charge in [-0.25, -0.2) is 8.42 Å². The molecular formula is C14H22ClNO3S. The quantitative estimate of drug-likeness (QED) is 0.692. The second-order valence-electron chi connectivity index (χ2n) is 4.72. The van der Waals surface area contributed by atoms with E-state index in [1.807, 2.05) is 20.8 Å². The van der Waals surface area contributed by atoms with Crippen LogP contribution in [0.1, 0.15) is 27.2 Å². The maximum Gasteiger partial charge on any atom is 0.243 e. The number of benzene rings is 1. The summed E-state index contributed by atoms with van der Waals surface area (Å²) in [6, 6.07) is 6.40. The Labute approximate surface area is 126 Å². The number of ether oxygens (including phenoxy) is 1. The molecule has 0 fully saturated rings. The van der Waals surface area contributed by atoms with E-state index in [0.29, 0.717) is 24.8 Å². The largest absolute Gasteiger partial charge is 0.492 e. The van der Waals surface area contributed by atoms with Crippen LogP contribution in [0.3, 0.4) is 0 Å². The lowest BCUT2D eigenvalue weighted by Gasteiger charge is -2.25. The summed E-state index contributed by atoms with van der Waals surface area (Å²) in [4.78, 5) is 0.290. The lowest BCUT2D eigenvalue weighted by molar-refractivity contribution is 0.342. The zero-order valence-corrected chi connectivity index (χ0v) is 13.7. The van der Waals surface area contributed by atoms with E-state index in [0.717, 1.165) is 6.42 Å². The molecule has 0 N–H and O–H groups in total. The number of hydrogen-bond acceptors (Lipinski definition) is 3. The molecule has 0 aromatic heterocycles. The van der Waals surface area contributed by atoms with Crippen molar-refractivity contribution in [1.82, 2.24) is 4.31 Å². The Morgan fingerprint density at radius 1 is 1.25 bits per heavy atom. The Bertz CT molecular complexity index is 500. The van der Waals surface area contributed by atoms with Crippen molar-refractivity contribution in [2.24, 2.45) is 0 Å². The first-order chi connectivity index (χ1) is 9.43. The third-order valence-electron chi connectivity index (χ3n) is 2.80. The fourth-order valence-electron chi connectivity index (χ4n) is 1.88. The van der Waals surface area contributed by atoms with Crippen LogP contribution >= 0.6 is 11.6 Å². The van der Waals surface area contributed by atoms with Crippen LogP contribution in [-0.4, -0.2) is 37.8 Å². The lowest BCUT2D eigenvalue weighted by atomic mass is 10.3. The van der Waals surface area contributed by atoms with E-state index in [2.05, 4.69) is 0 Å². The van der Waals surface area contributed by atoms with Gasteiger partial charge in [0.15, 0.2) is 0 Å². The molecular weight excluding hydrogens is 298 g/mol. The van der Waals surface area contributed by atoms with Gasteiger partial charge in [0.25, 0.3) is 0 Å². The van der Waals surface area contributed by atoms with Crippen LogP contribution in [0.25, 0.3) is 0 Å². The van der Waals surface area contributed by atoms with Crippen molar-refractivity contribution in [3.8, 4) is 5.75 Å². The normalized spacial score (nSPS) is 12.1. The Morgan fingerprint density at radius 2 is 1.85 bits per heavy atom. The second-order valence-corrected chi connectivity index (χ2v) is 6.99. The first-order valence-electron chi connectivity index (χ1n) is 6.74. The van der Waals surface area contributed by atoms with Crippen molar-refractivity contribution >= 4 is 21.6 Å². The molecule has 6 heteroatoms. The highest BCUT2D eigenvalue weighted by molar-refractivity contribution is 7.89. The van der Waals surface area contributed by atoms with Crippen LogP contribution < -0.4 is 4.74 Å². The molecule has 0 unspecified atom stereocenters. The van der Waals surface area contributed by atoms with E-state index in [1.54, 1.807) is 24.3 Å². The fraction of sp³-hybridized carbons (Fsp3) is 0.571. The van der Waals surface area contributed by atoms with Crippen molar-refractivity contribution < 1.29 is 13.2 Å². The van der Waals surface area contributed by atoms with Gasteiger partial charge in [0.05, 0.1) is 10.8 Å². The lowest BCUT2D eigenvalue weighted by Crippen LogP contribution is -2.37. The molecule has 0 saturated heterocycles. The monoisotopic (exact) mass is 319 g/mol. The number of alkyl halides is 1. The minimum absolute atomic E-state index is 0.0628. The first-order valence-corrected chi connectivity index (χ1v) is 8.71. The summed E-state index contributed by atoms with van der Waals surface area (Å²) in [7, 11) is -3.45. The summed E-state index contributed by atoms with van der Waals surface area (Å²) in [6.07, 6.45) is 0.786. The van der Waals surface area contributed by atoms with E-state index in [-0.39, 0.29) is 10.9 Å². The predicted octanol–water partition coefficient (Wildman–Crippen LogP) is 3.11. The van der Waals surface area contributed by atoms with E-state index in [1.165, 1.54) is 4.31 Å². The highest BCUT2D eigenvalue weighted by Gasteiger charge is 2.25. The molecule has 1 aromatic carbocycles. The van der Waals surface area contributed by atoms with E-state index in [4.69, 9.17) is 16.3 Å². The molecule has 4 nitrogen and oxygen atoms in total. The number of sulfonamides is 1. The fourth-order valence-corrected chi connectivity index (χ4v) is 3.68. The third-order valence-corrected chi connectivity index (χ3v) is 5.04. The van der Waals surface area contributed by atoms with Gasteiger partial charge in [-0.05, 0) is 44.5 Å². The average Bonchev–Trinajstić information content (AvgIpc) is 2.42. The molecule has 0 bridgehead atoms. The molecule has 114 valence electrons. The van der Waals surface area contributed by atoms with Crippen molar-refractivity contribution in [2.75, 3.05) is 19.0 Å². The zero-order valence-electron chi connectivity index (χ0n) is 12.2. The van der Waals surface area contributed by atoms with Crippen LogP contribution in [0.4, 0.5) is 0 Å². The molecule has 0 aliphatic heterocycles. The van der Waals surface area contributed by atoms with Crippen molar-refractivity contribution in [3.63, 3.8) is 0 Å².